The molecule has 0 amide bonds. The highest BCUT2D eigenvalue weighted by atomic mass is 16.5. The van der Waals surface area contributed by atoms with Crippen LogP contribution < -0.4 is 10.3 Å². The highest BCUT2D eigenvalue weighted by Gasteiger charge is 2.09. The third kappa shape index (κ3) is 2.67. The average molecular weight is 258 g/mol. The van der Waals surface area contributed by atoms with Gasteiger partial charge in [0.05, 0.1) is 19.9 Å². The van der Waals surface area contributed by atoms with Gasteiger partial charge in [-0.05, 0) is 49.1 Å². The Morgan fingerprint density at radius 1 is 1.26 bits per heavy atom. The van der Waals surface area contributed by atoms with Crippen molar-refractivity contribution in [1.82, 2.24) is 9.78 Å². The molecule has 1 heterocycles. The van der Waals surface area contributed by atoms with Crippen LogP contribution in [0.1, 0.15) is 22.3 Å². The fraction of sp³-hybridized carbons (Fsp3) is 0.333. The number of rotatable bonds is 3. The minimum absolute atomic E-state index is 0.0818. The predicted molar refractivity (Wildman–Crippen MR) is 74.8 cm³/mol. The van der Waals surface area contributed by atoms with Crippen molar-refractivity contribution in [3.05, 3.63) is 57.0 Å². The van der Waals surface area contributed by atoms with Crippen LogP contribution in [0.25, 0.3) is 0 Å². The number of methoxy groups -OCH3 is 1. The normalized spacial score (nSPS) is 10.5. The molecule has 0 N–H and O–H groups in total. The van der Waals surface area contributed by atoms with Crippen LogP contribution in [0, 0.1) is 20.8 Å². The first-order valence-corrected chi connectivity index (χ1v) is 6.19. The van der Waals surface area contributed by atoms with E-state index in [-0.39, 0.29) is 5.56 Å². The van der Waals surface area contributed by atoms with Crippen molar-refractivity contribution in [2.24, 2.45) is 0 Å². The Labute approximate surface area is 112 Å². The standard InChI is InChI=1S/C15H18N2O2/c1-10-7-15(18)17(16-8-10)9-13-11(2)5-6-14(19-4)12(13)3/h5-8H,9H2,1-4H3. The maximum Gasteiger partial charge on any atom is 0.267 e. The monoisotopic (exact) mass is 258 g/mol. The van der Waals surface area contributed by atoms with Crippen LogP contribution in [0.2, 0.25) is 0 Å². The van der Waals surface area contributed by atoms with Gasteiger partial charge in [-0.25, -0.2) is 4.68 Å². The predicted octanol–water partition coefficient (Wildman–Crippen LogP) is 2.23. The van der Waals surface area contributed by atoms with Gasteiger partial charge in [0.25, 0.3) is 5.56 Å². The fourth-order valence-corrected chi connectivity index (χ4v) is 2.13. The third-order valence-electron chi connectivity index (χ3n) is 3.32. The molecule has 0 spiro atoms. The van der Waals surface area contributed by atoms with Gasteiger partial charge in [-0.3, -0.25) is 4.79 Å². The highest BCUT2D eigenvalue weighted by Crippen LogP contribution is 2.24. The van der Waals surface area contributed by atoms with E-state index in [0.29, 0.717) is 6.54 Å². The molecule has 0 atom stereocenters. The Morgan fingerprint density at radius 3 is 2.63 bits per heavy atom. The lowest BCUT2D eigenvalue weighted by atomic mass is 10.0. The molecule has 0 aliphatic rings. The van der Waals surface area contributed by atoms with E-state index < -0.39 is 0 Å². The Balaban J connectivity index is 2.46. The van der Waals surface area contributed by atoms with Crippen molar-refractivity contribution < 1.29 is 4.74 Å². The van der Waals surface area contributed by atoms with Crippen LogP contribution in [0.5, 0.6) is 5.75 Å². The van der Waals surface area contributed by atoms with E-state index in [0.717, 1.165) is 28.0 Å². The lowest BCUT2D eigenvalue weighted by Crippen LogP contribution is -2.23. The molecule has 1 aromatic carbocycles. The summed E-state index contributed by atoms with van der Waals surface area (Å²) in [7, 11) is 1.65. The molecule has 0 fully saturated rings. The summed E-state index contributed by atoms with van der Waals surface area (Å²) >= 11 is 0. The molecule has 4 nitrogen and oxygen atoms in total. The largest absolute Gasteiger partial charge is 0.496 e. The van der Waals surface area contributed by atoms with Crippen LogP contribution in [0.3, 0.4) is 0 Å². The molecule has 100 valence electrons. The molecule has 2 aromatic rings. The van der Waals surface area contributed by atoms with Gasteiger partial charge in [0.2, 0.25) is 0 Å². The van der Waals surface area contributed by atoms with Gasteiger partial charge >= 0.3 is 0 Å². The summed E-state index contributed by atoms with van der Waals surface area (Å²) in [5, 5.41) is 4.17. The maximum atomic E-state index is 11.9. The van der Waals surface area contributed by atoms with E-state index >= 15 is 0 Å². The van der Waals surface area contributed by atoms with Gasteiger partial charge < -0.3 is 4.74 Å². The second-order valence-electron chi connectivity index (χ2n) is 4.72. The van der Waals surface area contributed by atoms with Crippen LogP contribution >= 0.6 is 0 Å². The minimum atomic E-state index is -0.0818. The van der Waals surface area contributed by atoms with E-state index in [4.69, 9.17) is 4.74 Å². The second kappa shape index (κ2) is 5.26. The van der Waals surface area contributed by atoms with Gasteiger partial charge in [0.15, 0.2) is 0 Å². The number of aromatic nitrogens is 2. The molecule has 0 saturated carbocycles. The van der Waals surface area contributed by atoms with Crippen LogP contribution in [-0.2, 0) is 6.54 Å². The maximum absolute atomic E-state index is 11.9. The summed E-state index contributed by atoms with van der Waals surface area (Å²) in [4.78, 5) is 11.9. The van der Waals surface area contributed by atoms with Crippen molar-refractivity contribution in [2.75, 3.05) is 7.11 Å². The Kier molecular flexibility index (Phi) is 3.69. The summed E-state index contributed by atoms with van der Waals surface area (Å²) in [6, 6.07) is 5.54. The van der Waals surface area contributed by atoms with E-state index in [1.54, 1.807) is 19.4 Å². The summed E-state index contributed by atoms with van der Waals surface area (Å²) in [5.41, 5.74) is 4.06. The molecule has 0 aliphatic heterocycles. The van der Waals surface area contributed by atoms with Crippen molar-refractivity contribution in [3.8, 4) is 5.75 Å². The lowest BCUT2D eigenvalue weighted by molar-refractivity contribution is 0.410. The number of nitrogens with zero attached hydrogens (tertiary/aromatic N) is 2. The average Bonchev–Trinajstić information content (AvgIpc) is 2.37. The van der Waals surface area contributed by atoms with Crippen molar-refractivity contribution in [1.29, 1.82) is 0 Å². The first-order valence-electron chi connectivity index (χ1n) is 6.19. The highest BCUT2D eigenvalue weighted by molar-refractivity contribution is 5.43. The number of hydrogen-bond acceptors (Lipinski definition) is 3. The number of ether oxygens (including phenoxy) is 1. The van der Waals surface area contributed by atoms with E-state index in [1.165, 1.54) is 4.68 Å². The number of benzene rings is 1. The van der Waals surface area contributed by atoms with Crippen LogP contribution in [0.4, 0.5) is 0 Å². The molecule has 1 aromatic heterocycles. The van der Waals surface area contributed by atoms with E-state index in [9.17, 15) is 4.79 Å². The summed E-state index contributed by atoms with van der Waals surface area (Å²) in [5.74, 6) is 0.834. The van der Waals surface area contributed by atoms with Crippen molar-refractivity contribution in [3.63, 3.8) is 0 Å². The van der Waals surface area contributed by atoms with Crippen molar-refractivity contribution >= 4 is 0 Å². The lowest BCUT2D eigenvalue weighted by Gasteiger charge is -2.14. The zero-order valence-electron chi connectivity index (χ0n) is 11.7. The third-order valence-corrected chi connectivity index (χ3v) is 3.32. The smallest absolute Gasteiger partial charge is 0.267 e. The molecule has 0 saturated heterocycles. The fourth-order valence-electron chi connectivity index (χ4n) is 2.13. The van der Waals surface area contributed by atoms with Gasteiger partial charge in [-0.1, -0.05) is 6.07 Å². The SMILES string of the molecule is COc1ccc(C)c(Cn2ncc(C)cc2=O)c1C. The number of aryl methyl sites for hydroxylation is 2. The van der Waals surface area contributed by atoms with Crippen LogP contribution in [-0.4, -0.2) is 16.9 Å². The van der Waals surface area contributed by atoms with Gasteiger partial charge in [-0.15, -0.1) is 0 Å². The molecule has 19 heavy (non-hydrogen) atoms. The van der Waals surface area contributed by atoms with Gasteiger partial charge in [0.1, 0.15) is 5.75 Å². The zero-order valence-corrected chi connectivity index (χ0v) is 11.7. The summed E-state index contributed by atoms with van der Waals surface area (Å²) in [6.07, 6.45) is 1.70. The molecule has 0 bridgehead atoms. The Morgan fingerprint density at radius 2 is 2.00 bits per heavy atom. The first-order chi connectivity index (χ1) is 9.02. The minimum Gasteiger partial charge on any atom is -0.496 e. The Bertz CT molecular complexity index is 660. The van der Waals surface area contributed by atoms with Gasteiger partial charge in [-0.2, -0.15) is 5.10 Å². The topological polar surface area (TPSA) is 44.1 Å². The molecule has 0 unspecified atom stereocenters. The van der Waals surface area contributed by atoms with E-state index in [1.807, 2.05) is 32.9 Å². The molecule has 0 radical (unpaired) electrons. The first kappa shape index (κ1) is 13.3. The second-order valence-corrected chi connectivity index (χ2v) is 4.72. The van der Waals surface area contributed by atoms with Gasteiger partial charge in [0, 0.05) is 6.07 Å². The molecule has 2 rings (SSSR count). The Hall–Kier alpha value is -2.10. The summed E-state index contributed by atoms with van der Waals surface area (Å²) < 4.78 is 6.79. The van der Waals surface area contributed by atoms with Crippen molar-refractivity contribution in [2.45, 2.75) is 27.3 Å². The molecule has 4 heteroatoms. The van der Waals surface area contributed by atoms with E-state index in [2.05, 4.69) is 5.10 Å². The number of hydrogen-bond donors (Lipinski definition) is 0. The molecular formula is C15H18N2O2. The summed E-state index contributed by atoms with van der Waals surface area (Å²) in [6.45, 7) is 6.36. The molecular weight excluding hydrogens is 240 g/mol. The van der Waals surface area contributed by atoms with Crippen LogP contribution in [0.15, 0.2) is 29.2 Å². The quantitative estimate of drug-likeness (QED) is 0.848. The molecule has 0 aliphatic carbocycles. The zero-order chi connectivity index (χ0) is 14.0.